The Bertz CT molecular complexity index is 543. The monoisotopic (exact) mass is 217 g/mol. The molecule has 7 nitrogen and oxygen atoms in total. The summed E-state index contributed by atoms with van der Waals surface area (Å²) in [4.78, 5) is 12.3. The molecule has 0 fully saturated rings. The number of aryl methyl sites for hydroxylation is 2. The second-order valence-electron chi connectivity index (χ2n) is 3.26. The zero-order valence-corrected chi connectivity index (χ0v) is 8.97. The van der Waals surface area contributed by atoms with Crippen LogP contribution in [-0.4, -0.2) is 30.6 Å². The van der Waals surface area contributed by atoms with Crippen LogP contribution in [0.15, 0.2) is 12.4 Å². The van der Waals surface area contributed by atoms with Gasteiger partial charge in [-0.2, -0.15) is 4.68 Å². The summed E-state index contributed by atoms with van der Waals surface area (Å²) in [7, 11) is 0. The molecule has 0 amide bonds. The first-order chi connectivity index (χ1) is 7.59. The third-order valence-electron chi connectivity index (χ3n) is 2.01. The van der Waals surface area contributed by atoms with E-state index in [1.165, 1.54) is 17.1 Å². The van der Waals surface area contributed by atoms with Crippen molar-refractivity contribution in [3.63, 3.8) is 0 Å². The number of nitrogens with one attached hydrogen (secondary N) is 1. The van der Waals surface area contributed by atoms with Gasteiger partial charge in [0.2, 0.25) is 0 Å². The minimum Gasteiger partial charge on any atom is -0.382 e. The number of hydrogen-bond acceptors (Lipinski definition) is 5. The number of rotatable bonds is 2. The van der Waals surface area contributed by atoms with E-state index < -0.39 is 0 Å². The zero-order valence-electron chi connectivity index (χ0n) is 8.97. The molecule has 0 aromatic carbocycles. The van der Waals surface area contributed by atoms with Gasteiger partial charge >= 0.3 is 0 Å². The number of hydrogen-bond donors (Lipinski definition) is 2. The van der Waals surface area contributed by atoms with E-state index in [4.69, 9.17) is 11.1 Å². The van der Waals surface area contributed by atoms with Gasteiger partial charge in [0.25, 0.3) is 0 Å². The van der Waals surface area contributed by atoms with Gasteiger partial charge in [-0.3, -0.25) is 5.41 Å². The minimum atomic E-state index is -0.143. The highest BCUT2D eigenvalue weighted by molar-refractivity contribution is 5.95. The number of nitrogens with two attached hydrogens (primary N) is 1. The van der Waals surface area contributed by atoms with E-state index in [9.17, 15) is 0 Å². The molecule has 2 aromatic rings. The molecule has 7 heteroatoms. The van der Waals surface area contributed by atoms with Gasteiger partial charge < -0.3 is 5.73 Å². The Hall–Kier alpha value is -2.31. The van der Waals surface area contributed by atoms with Crippen LogP contribution in [0.25, 0.3) is 5.82 Å². The number of nitrogen functional groups attached to an aromatic ring is 1. The average molecular weight is 217 g/mol. The lowest BCUT2D eigenvalue weighted by Gasteiger charge is -2.05. The van der Waals surface area contributed by atoms with Crippen molar-refractivity contribution in [3.8, 4) is 5.82 Å². The smallest absolute Gasteiger partial charge is 0.185 e. The van der Waals surface area contributed by atoms with Crippen molar-refractivity contribution in [1.82, 2.24) is 24.7 Å². The summed E-state index contributed by atoms with van der Waals surface area (Å²) < 4.78 is 1.53. The molecule has 0 aliphatic carbocycles. The van der Waals surface area contributed by atoms with Crippen molar-refractivity contribution >= 4 is 5.84 Å². The fourth-order valence-corrected chi connectivity index (χ4v) is 1.40. The highest BCUT2D eigenvalue weighted by Crippen LogP contribution is 2.09. The third kappa shape index (κ3) is 1.62. The first-order valence-corrected chi connectivity index (χ1v) is 4.65. The van der Waals surface area contributed by atoms with E-state index in [0.717, 1.165) is 0 Å². The van der Waals surface area contributed by atoms with Crippen LogP contribution in [0.1, 0.15) is 17.3 Å². The van der Waals surface area contributed by atoms with Crippen LogP contribution in [0.5, 0.6) is 0 Å². The van der Waals surface area contributed by atoms with Gasteiger partial charge in [0, 0.05) is 12.4 Å². The Kier molecular flexibility index (Phi) is 2.35. The van der Waals surface area contributed by atoms with Crippen molar-refractivity contribution in [2.75, 3.05) is 0 Å². The maximum atomic E-state index is 7.42. The molecular weight excluding hydrogens is 206 g/mol. The molecule has 2 heterocycles. The Labute approximate surface area is 91.9 Å². The van der Waals surface area contributed by atoms with Crippen molar-refractivity contribution in [3.05, 3.63) is 29.7 Å². The summed E-state index contributed by atoms with van der Waals surface area (Å²) in [5.74, 6) is 1.60. The summed E-state index contributed by atoms with van der Waals surface area (Å²) in [6.07, 6.45) is 3.01. The predicted octanol–water partition coefficient (Wildman–Crippen LogP) is -0.0418. The Morgan fingerprint density at radius 3 is 2.56 bits per heavy atom. The Morgan fingerprint density at radius 1 is 1.31 bits per heavy atom. The van der Waals surface area contributed by atoms with Gasteiger partial charge in [0.1, 0.15) is 23.2 Å². The van der Waals surface area contributed by atoms with E-state index in [2.05, 4.69) is 20.1 Å². The van der Waals surface area contributed by atoms with Crippen LogP contribution in [0.2, 0.25) is 0 Å². The van der Waals surface area contributed by atoms with Crippen LogP contribution in [-0.2, 0) is 0 Å². The lowest BCUT2D eigenvalue weighted by Crippen LogP contribution is -2.18. The molecule has 0 saturated heterocycles. The van der Waals surface area contributed by atoms with Crippen LogP contribution in [0.4, 0.5) is 0 Å². The highest BCUT2D eigenvalue weighted by Gasteiger charge is 2.13. The fourth-order valence-electron chi connectivity index (χ4n) is 1.40. The van der Waals surface area contributed by atoms with E-state index in [1.807, 2.05) is 0 Å². The number of amidine groups is 1. The number of aromatic nitrogens is 5. The average Bonchev–Trinajstić information content (AvgIpc) is 2.57. The second kappa shape index (κ2) is 3.69. The third-order valence-corrected chi connectivity index (χ3v) is 2.01. The molecule has 0 radical (unpaired) electrons. The van der Waals surface area contributed by atoms with E-state index in [-0.39, 0.29) is 5.84 Å². The van der Waals surface area contributed by atoms with Crippen molar-refractivity contribution < 1.29 is 0 Å². The SMILES string of the molecule is Cc1nc(C)n(-c2nccnc2C(=N)N)n1. The van der Waals surface area contributed by atoms with Crippen molar-refractivity contribution in [2.24, 2.45) is 5.73 Å². The van der Waals surface area contributed by atoms with E-state index in [1.54, 1.807) is 13.8 Å². The predicted molar refractivity (Wildman–Crippen MR) is 57.4 cm³/mol. The molecule has 0 atom stereocenters. The fraction of sp³-hybridized carbons (Fsp3) is 0.222. The minimum absolute atomic E-state index is 0.143. The summed E-state index contributed by atoms with van der Waals surface area (Å²) in [6, 6.07) is 0. The first-order valence-electron chi connectivity index (χ1n) is 4.65. The highest BCUT2D eigenvalue weighted by atomic mass is 15.4. The largest absolute Gasteiger partial charge is 0.382 e. The van der Waals surface area contributed by atoms with Crippen molar-refractivity contribution in [2.45, 2.75) is 13.8 Å². The molecule has 0 unspecified atom stereocenters. The zero-order chi connectivity index (χ0) is 11.7. The van der Waals surface area contributed by atoms with Gasteiger partial charge in [-0.25, -0.2) is 15.0 Å². The van der Waals surface area contributed by atoms with Crippen LogP contribution < -0.4 is 5.73 Å². The molecule has 0 aliphatic heterocycles. The van der Waals surface area contributed by atoms with Crippen molar-refractivity contribution in [1.29, 1.82) is 5.41 Å². The molecule has 16 heavy (non-hydrogen) atoms. The topological polar surface area (TPSA) is 106 Å². The normalized spacial score (nSPS) is 10.4. The Balaban J connectivity index is 2.64. The van der Waals surface area contributed by atoms with Gasteiger partial charge in [-0.05, 0) is 13.8 Å². The van der Waals surface area contributed by atoms with Gasteiger partial charge in [0.05, 0.1) is 0 Å². The lowest BCUT2D eigenvalue weighted by molar-refractivity contribution is 0.793. The molecular formula is C9H11N7. The van der Waals surface area contributed by atoms with E-state index in [0.29, 0.717) is 23.2 Å². The number of nitrogens with zero attached hydrogens (tertiary/aromatic N) is 5. The maximum Gasteiger partial charge on any atom is 0.185 e. The molecule has 0 saturated carbocycles. The Morgan fingerprint density at radius 2 is 2.00 bits per heavy atom. The lowest BCUT2D eigenvalue weighted by atomic mass is 10.4. The molecule has 3 N–H and O–H groups in total. The van der Waals surface area contributed by atoms with Crippen LogP contribution >= 0.6 is 0 Å². The summed E-state index contributed by atoms with van der Waals surface area (Å²) in [6.45, 7) is 3.59. The molecule has 82 valence electrons. The van der Waals surface area contributed by atoms with Gasteiger partial charge in [-0.1, -0.05) is 0 Å². The maximum absolute atomic E-state index is 7.42. The quantitative estimate of drug-likeness (QED) is 0.542. The summed E-state index contributed by atoms with van der Waals surface area (Å²) >= 11 is 0. The first kappa shape index (κ1) is 10.2. The molecule has 2 rings (SSSR count). The summed E-state index contributed by atoms with van der Waals surface area (Å²) in [5.41, 5.74) is 5.73. The molecule has 2 aromatic heterocycles. The molecule has 0 aliphatic rings. The van der Waals surface area contributed by atoms with Crippen LogP contribution in [0, 0.1) is 19.3 Å². The molecule has 0 spiro atoms. The summed E-state index contributed by atoms with van der Waals surface area (Å²) in [5, 5.41) is 11.6. The molecule has 0 bridgehead atoms. The second-order valence-corrected chi connectivity index (χ2v) is 3.26. The van der Waals surface area contributed by atoms with E-state index >= 15 is 0 Å². The van der Waals surface area contributed by atoms with Crippen LogP contribution in [0.3, 0.4) is 0 Å². The van der Waals surface area contributed by atoms with Gasteiger partial charge in [-0.15, -0.1) is 5.10 Å². The van der Waals surface area contributed by atoms with Gasteiger partial charge in [0.15, 0.2) is 5.82 Å². The standard InChI is InChI=1S/C9H11N7/c1-5-14-6(2)16(15-5)9-7(8(10)11)12-3-4-13-9/h3-4H,1-2H3,(H3,10,11).